The summed E-state index contributed by atoms with van der Waals surface area (Å²) in [4.78, 5) is 24.2. The van der Waals surface area contributed by atoms with Crippen molar-refractivity contribution in [2.75, 3.05) is 25.0 Å². The molecule has 8 heteroatoms. The normalized spacial score (nSPS) is 15.4. The summed E-state index contributed by atoms with van der Waals surface area (Å²) in [6.45, 7) is 7.56. The largest absolute Gasteiger partial charge is 0.444 e. The fourth-order valence-electron chi connectivity index (χ4n) is 2.84. The maximum Gasteiger partial charge on any atom is 0.410 e. The first-order chi connectivity index (χ1) is 12.2. The van der Waals surface area contributed by atoms with Crippen LogP contribution in [0.25, 0.3) is 0 Å². The second-order valence-corrected chi connectivity index (χ2v) is 7.46. The van der Waals surface area contributed by atoms with Gasteiger partial charge in [0.15, 0.2) is 0 Å². The number of hydrogen-bond donors (Lipinski definition) is 2. The summed E-state index contributed by atoms with van der Waals surface area (Å²) in [5.41, 5.74) is 0.680. The number of carbonyl (C=O) groups excluding carboxylic acids is 1. The minimum atomic E-state index is -0.492. The van der Waals surface area contributed by atoms with E-state index < -0.39 is 10.5 Å². The number of ether oxygens (including phenoxy) is 1. The Hall–Kier alpha value is -2.64. The number of piperidine rings is 1. The molecule has 0 aromatic heterocycles. The number of hydrogen-bond acceptors (Lipinski definition) is 6. The number of rotatable bonds is 5. The number of benzene rings is 1. The summed E-state index contributed by atoms with van der Waals surface area (Å²) in [7, 11) is 0. The lowest BCUT2D eigenvalue weighted by Gasteiger charge is -2.33. The number of non-ortho nitro benzene ring substituents is 1. The molecule has 1 aliphatic heterocycles. The molecule has 0 aliphatic carbocycles. The maximum atomic E-state index is 12.1. The number of nitro benzene ring substituents is 1. The third-order valence-electron chi connectivity index (χ3n) is 4.25. The van der Waals surface area contributed by atoms with Gasteiger partial charge < -0.3 is 20.4 Å². The predicted octanol–water partition coefficient (Wildman–Crippen LogP) is 3.65. The van der Waals surface area contributed by atoms with Gasteiger partial charge in [-0.1, -0.05) is 0 Å². The lowest BCUT2D eigenvalue weighted by Crippen LogP contribution is -2.42. The van der Waals surface area contributed by atoms with Gasteiger partial charge in [-0.3, -0.25) is 10.1 Å². The van der Waals surface area contributed by atoms with Crippen LogP contribution < -0.4 is 5.32 Å². The van der Waals surface area contributed by atoms with Crippen molar-refractivity contribution < 1.29 is 14.5 Å². The molecule has 0 spiro atoms. The van der Waals surface area contributed by atoms with Crippen molar-refractivity contribution in [3.05, 3.63) is 33.9 Å². The quantitative estimate of drug-likeness (QED) is 0.472. The molecule has 1 aromatic carbocycles. The lowest BCUT2D eigenvalue weighted by molar-refractivity contribution is -0.384. The van der Waals surface area contributed by atoms with E-state index in [2.05, 4.69) is 5.32 Å². The third-order valence-corrected chi connectivity index (χ3v) is 4.25. The van der Waals surface area contributed by atoms with Crippen molar-refractivity contribution >= 4 is 23.7 Å². The zero-order valence-electron chi connectivity index (χ0n) is 15.4. The minimum Gasteiger partial charge on any atom is -0.444 e. The van der Waals surface area contributed by atoms with Crippen LogP contribution >= 0.6 is 0 Å². The number of amides is 1. The Bertz CT molecular complexity index is 676. The van der Waals surface area contributed by atoms with Crippen LogP contribution in [0.4, 0.5) is 16.2 Å². The van der Waals surface area contributed by atoms with Crippen molar-refractivity contribution in [1.82, 2.24) is 4.90 Å². The van der Waals surface area contributed by atoms with E-state index >= 15 is 0 Å². The smallest absolute Gasteiger partial charge is 0.410 e. The molecule has 26 heavy (non-hydrogen) atoms. The molecule has 2 rings (SSSR count). The van der Waals surface area contributed by atoms with Crippen molar-refractivity contribution in [2.24, 2.45) is 5.92 Å². The van der Waals surface area contributed by atoms with Gasteiger partial charge in [-0.25, -0.2) is 4.79 Å². The van der Waals surface area contributed by atoms with Crippen LogP contribution in [-0.4, -0.2) is 47.4 Å². The molecule has 0 unspecified atom stereocenters. The predicted molar refractivity (Wildman–Crippen MR) is 100 cm³/mol. The van der Waals surface area contributed by atoms with Crippen LogP contribution in [0.1, 0.15) is 39.2 Å². The highest BCUT2D eigenvalue weighted by molar-refractivity contribution is 5.86. The number of likely N-dealkylation sites (tertiary alicyclic amines) is 1. The molecule has 1 heterocycles. The number of nitrogens with one attached hydrogen (secondary N) is 2. The summed E-state index contributed by atoms with van der Waals surface area (Å²) in [5, 5.41) is 21.5. The Morgan fingerprint density at radius 2 is 2.08 bits per heavy atom. The number of nitrogens with zero attached hydrogens (tertiary/aromatic N) is 2. The van der Waals surface area contributed by atoms with Gasteiger partial charge in [0.05, 0.1) is 4.92 Å². The van der Waals surface area contributed by atoms with E-state index in [-0.39, 0.29) is 11.8 Å². The first-order valence-electron chi connectivity index (χ1n) is 8.70. The van der Waals surface area contributed by atoms with E-state index in [4.69, 9.17) is 10.1 Å². The minimum absolute atomic E-state index is 0.0280. The van der Waals surface area contributed by atoms with Gasteiger partial charge in [0.1, 0.15) is 5.60 Å². The van der Waals surface area contributed by atoms with E-state index in [1.54, 1.807) is 11.0 Å². The summed E-state index contributed by atoms with van der Waals surface area (Å²) >= 11 is 0. The zero-order chi connectivity index (χ0) is 19.3. The summed E-state index contributed by atoms with van der Waals surface area (Å²) in [5.74, 6) is 0.391. The average molecular weight is 362 g/mol. The van der Waals surface area contributed by atoms with Gasteiger partial charge in [-0.15, -0.1) is 0 Å². The first kappa shape index (κ1) is 19.7. The Balaban J connectivity index is 1.86. The van der Waals surface area contributed by atoms with Gasteiger partial charge in [0, 0.05) is 49.2 Å². The van der Waals surface area contributed by atoms with Crippen LogP contribution in [0.5, 0.6) is 0 Å². The fourth-order valence-corrected chi connectivity index (χ4v) is 2.84. The van der Waals surface area contributed by atoms with Crippen molar-refractivity contribution in [3.8, 4) is 0 Å². The Kier molecular flexibility index (Phi) is 6.18. The molecule has 142 valence electrons. The molecular formula is C18H26N4O4. The SMILES string of the molecule is CC(C)(C)OC(=O)N1CCC(CNc2ccc([N+](=O)[O-])cc2C=N)CC1. The average Bonchev–Trinajstić information content (AvgIpc) is 2.58. The van der Waals surface area contributed by atoms with Gasteiger partial charge in [-0.05, 0) is 45.6 Å². The van der Waals surface area contributed by atoms with Crippen LogP contribution in [-0.2, 0) is 4.74 Å². The molecule has 0 radical (unpaired) electrons. The molecule has 0 saturated carbocycles. The highest BCUT2D eigenvalue weighted by atomic mass is 16.6. The van der Waals surface area contributed by atoms with E-state index in [0.29, 0.717) is 36.8 Å². The van der Waals surface area contributed by atoms with E-state index in [9.17, 15) is 14.9 Å². The highest BCUT2D eigenvalue weighted by Crippen LogP contribution is 2.23. The molecular weight excluding hydrogens is 336 g/mol. The van der Waals surface area contributed by atoms with Gasteiger partial charge in [0.25, 0.3) is 5.69 Å². The first-order valence-corrected chi connectivity index (χ1v) is 8.70. The molecule has 0 atom stereocenters. The molecule has 1 amide bonds. The standard InChI is InChI=1S/C18H26N4O4/c1-18(2,3)26-17(23)21-8-6-13(7-9-21)12-20-16-5-4-15(22(24)25)10-14(16)11-19/h4-5,10-11,13,19-20H,6-9,12H2,1-3H3. The summed E-state index contributed by atoms with van der Waals surface area (Å²) in [6, 6.07) is 4.45. The van der Waals surface area contributed by atoms with Crippen molar-refractivity contribution in [1.29, 1.82) is 5.41 Å². The number of nitro groups is 1. The molecule has 0 bridgehead atoms. The van der Waals surface area contributed by atoms with Gasteiger partial charge in [0.2, 0.25) is 0 Å². The van der Waals surface area contributed by atoms with Crippen LogP contribution in [0.15, 0.2) is 18.2 Å². The maximum absolute atomic E-state index is 12.1. The van der Waals surface area contributed by atoms with Crippen LogP contribution in [0, 0.1) is 21.4 Å². The molecule has 1 aromatic rings. The Morgan fingerprint density at radius 3 is 2.62 bits per heavy atom. The summed E-state index contributed by atoms with van der Waals surface area (Å²) in [6.07, 6.45) is 2.56. The molecule has 1 fully saturated rings. The fraction of sp³-hybridized carbons (Fsp3) is 0.556. The Labute approximate surface area is 153 Å². The van der Waals surface area contributed by atoms with Crippen LogP contribution in [0.3, 0.4) is 0 Å². The van der Waals surface area contributed by atoms with Gasteiger partial charge in [-0.2, -0.15) is 0 Å². The van der Waals surface area contributed by atoms with E-state index in [1.165, 1.54) is 12.1 Å². The number of anilines is 1. The second kappa shape index (κ2) is 8.16. The van der Waals surface area contributed by atoms with Gasteiger partial charge >= 0.3 is 6.09 Å². The lowest BCUT2D eigenvalue weighted by atomic mass is 9.97. The molecule has 8 nitrogen and oxygen atoms in total. The molecule has 1 saturated heterocycles. The monoisotopic (exact) mass is 362 g/mol. The molecule has 2 N–H and O–H groups in total. The highest BCUT2D eigenvalue weighted by Gasteiger charge is 2.26. The topological polar surface area (TPSA) is 109 Å². The van der Waals surface area contributed by atoms with Crippen molar-refractivity contribution in [2.45, 2.75) is 39.2 Å². The van der Waals surface area contributed by atoms with Crippen LogP contribution in [0.2, 0.25) is 0 Å². The van der Waals surface area contributed by atoms with E-state index in [0.717, 1.165) is 19.1 Å². The summed E-state index contributed by atoms with van der Waals surface area (Å²) < 4.78 is 5.39. The third kappa shape index (κ3) is 5.44. The Morgan fingerprint density at radius 1 is 1.42 bits per heavy atom. The molecule has 1 aliphatic rings. The van der Waals surface area contributed by atoms with E-state index in [1.807, 2.05) is 20.8 Å². The zero-order valence-corrected chi connectivity index (χ0v) is 15.4. The second-order valence-electron chi connectivity index (χ2n) is 7.46. The van der Waals surface area contributed by atoms with Crippen molar-refractivity contribution in [3.63, 3.8) is 0 Å². The number of carbonyl (C=O) groups is 1.